The summed E-state index contributed by atoms with van der Waals surface area (Å²) in [5, 5.41) is 3.06. The molecule has 188 valence electrons. The zero-order valence-corrected chi connectivity index (χ0v) is 21.5. The number of halogens is 1. The smallest absolute Gasteiger partial charge is 0.243 e. The lowest BCUT2D eigenvalue weighted by atomic mass is 10.0. The van der Waals surface area contributed by atoms with Crippen molar-refractivity contribution in [3.8, 4) is 0 Å². The Labute approximate surface area is 221 Å². The number of hydrogen-bond acceptors (Lipinski definition) is 4. The molecule has 0 fully saturated rings. The van der Waals surface area contributed by atoms with Crippen molar-refractivity contribution in [3.63, 3.8) is 0 Å². The summed E-state index contributed by atoms with van der Waals surface area (Å²) in [6, 6.07) is 30.7. The fourth-order valence-electron chi connectivity index (χ4n) is 3.83. The van der Waals surface area contributed by atoms with E-state index in [0.717, 1.165) is 9.87 Å². The number of ketones is 1. The van der Waals surface area contributed by atoms with Gasteiger partial charge in [0.15, 0.2) is 5.78 Å². The van der Waals surface area contributed by atoms with E-state index in [1.165, 1.54) is 24.3 Å². The summed E-state index contributed by atoms with van der Waals surface area (Å²) >= 11 is 6.14. The molecular weight excluding hydrogens is 508 g/mol. The van der Waals surface area contributed by atoms with Crippen LogP contribution in [0.5, 0.6) is 0 Å². The third kappa shape index (κ3) is 6.71. The molecule has 0 atom stereocenters. The zero-order valence-electron chi connectivity index (χ0n) is 19.9. The van der Waals surface area contributed by atoms with E-state index in [1.54, 1.807) is 54.6 Å². The van der Waals surface area contributed by atoms with Gasteiger partial charge in [-0.15, -0.1) is 0 Å². The molecule has 0 saturated heterocycles. The van der Waals surface area contributed by atoms with Crippen molar-refractivity contribution in [1.82, 2.24) is 4.31 Å². The van der Waals surface area contributed by atoms with E-state index in [-0.39, 0.29) is 28.5 Å². The fraction of sp³-hybridized carbons (Fsp3) is 0.103. The van der Waals surface area contributed by atoms with Crippen LogP contribution in [-0.2, 0) is 21.2 Å². The molecule has 4 aromatic carbocycles. The molecule has 0 aromatic heterocycles. The van der Waals surface area contributed by atoms with Crippen LogP contribution in [0.3, 0.4) is 0 Å². The van der Waals surface area contributed by atoms with E-state index >= 15 is 0 Å². The van der Waals surface area contributed by atoms with Gasteiger partial charge in [0.1, 0.15) is 0 Å². The average molecular weight is 533 g/mol. The molecule has 0 heterocycles. The van der Waals surface area contributed by atoms with Gasteiger partial charge in [-0.1, -0.05) is 90.5 Å². The molecule has 1 N–H and O–H groups in total. The van der Waals surface area contributed by atoms with Crippen molar-refractivity contribution in [2.24, 2.45) is 0 Å². The van der Waals surface area contributed by atoms with Crippen LogP contribution in [0.1, 0.15) is 21.5 Å². The van der Waals surface area contributed by atoms with Gasteiger partial charge in [0.2, 0.25) is 15.9 Å². The van der Waals surface area contributed by atoms with Gasteiger partial charge in [-0.3, -0.25) is 9.59 Å². The summed E-state index contributed by atoms with van der Waals surface area (Å²) in [5.74, 6) is -0.881. The Morgan fingerprint density at radius 1 is 0.784 bits per heavy atom. The first-order chi connectivity index (χ1) is 17.8. The Balaban J connectivity index is 1.58. The second kappa shape index (κ2) is 12.0. The molecule has 0 aliphatic carbocycles. The molecule has 6 nitrogen and oxygen atoms in total. The van der Waals surface area contributed by atoms with Crippen molar-refractivity contribution in [2.45, 2.75) is 11.3 Å². The van der Waals surface area contributed by atoms with Crippen molar-refractivity contribution in [2.75, 3.05) is 18.4 Å². The van der Waals surface area contributed by atoms with Gasteiger partial charge >= 0.3 is 0 Å². The summed E-state index contributed by atoms with van der Waals surface area (Å²) in [7, 11) is -3.95. The van der Waals surface area contributed by atoms with E-state index in [0.29, 0.717) is 17.0 Å². The molecule has 4 rings (SSSR count). The molecule has 0 spiro atoms. The molecular formula is C29H25ClN2O4S. The third-order valence-electron chi connectivity index (χ3n) is 5.73. The highest BCUT2D eigenvalue weighted by molar-refractivity contribution is 7.89. The summed E-state index contributed by atoms with van der Waals surface area (Å²) < 4.78 is 28.0. The molecule has 0 bridgehead atoms. The number of carbonyl (C=O) groups excluding carboxylic acids is 2. The van der Waals surface area contributed by atoms with E-state index < -0.39 is 22.5 Å². The van der Waals surface area contributed by atoms with Gasteiger partial charge in [0.25, 0.3) is 0 Å². The highest BCUT2D eigenvalue weighted by Gasteiger charge is 2.27. The van der Waals surface area contributed by atoms with Crippen molar-refractivity contribution in [1.29, 1.82) is 0 Å². The van der Waals surface area contributed by atoms with Crippen molar-refractivity contribution in [3.05, 3.63) is 131 Å². The summed E-state index contributed by atoms with van der Waals surface area (Å²) in [6.07, 6.45) is 0.429. The molecule has 4 aromatic rings. The van der Waals surface area contributed by atoms with Gasteiger partial charge < -0.3 is 5.32 Å². The predicted octanol–water partition coefficient (Wildman–Crippen LogP) is 5.44. The van der Waals surface area contributed by atoms with Crippen LogP contribution >= 0.6 is 11.6 Å². The minimum atomic E-state index is -3.95. The Bertz CT molecular complexity index is 1480. The lowest BCUT2D eigenvalue weighted by molar-refractivity contribution is -0.116. The Hall–Kier alpha value is -3.78. The first-order valence-electron chi connectivity index (χ1n) is 11.6. The fourth-order valence-corrected chi connectivity index (χ4v) is 5.42. The van der Waals surface area contributed by atoms with Crippen molar-refractivity contribution < 1.29 is 18.0 Å². The van der Waals surface area contributed by atoms with Crippen molar-refractivity contribution >= 4 is 39.0 Å². The highest BCUT2D eigenvalue weighted by Crippen LogP contribution is 2.24. The van der Waals surface area contributed by atoms with Crippen LogP contribution < -0.4 is 5.32 Å². The largest absolute Gasteiger partial charge is 0.324 e. The average Bonchev–Trinajstić information content (AvgIpc) is 2.93. The number of sulfonamides is 1. The maximum absolute atomic E-state index is 13.4. The zero-order chi connectivity index (χ0) is 26.3. The van der Waals surface area contributed by atoms with Gasteiger partial charge in [0, 0.05) is 22.7 Å². The topological polar surface area (TPSA) is 83.6 Å². The molecule has 0 aliphatic heterocycles. The monoisotopic (exact) mass is 532 g/mol. The number of benzene rings is 4. The molecule has 0 saturated carbocycles. The maximum Gasteiger partial charge on any atom is 0.243 e. The number of amides is 1. The third-order valence-corrected chi connectivity index (χ3v) is 7.82. The van der Waals surface area contributed by atoms with E-state index in [9.17, 15) is 18.0 Å². The minimum absolute atomic E-state index is 0.0994. The second-order valence-corrected chi connectivity index (χ2v) is 10.7. The second-order valence-electron chi connectivity index (χ2n) is 8.32. The van der Waals surface area contributed by atoms with Crippen LogP contribution in [0, 0.1) is 0 Å². The normalized spacial score (nSPS) is 11.3. The Morgan fingerprint density at radius 3 is 2.03 bits per heavy atom. The molecule has 0 unspecified atom stereocenters. The number of nitrogens with one attached hydrogen (secondary N) is 1. The quantitative estimate of drug-likeness (QED) is 0.275. The van der Waals surface area contributed by atoms with Crippen LogP contribution in [0.2, 0.25) is 5.02 Å². The highest BCUT2D eigenvalue weighted by atomic mass is 35.5. The van der Waals surface area contributed by atoms with Gasteiger partial charge in [-0.05, 0) is 42.3 Å². The molecule has 37 heavy (non-hydrogen) atoms. The lowest BCUT2D eigenvalue weighted by Crippen LogP contribution is -2.39. The summed E-state index contributed by atoms with van der Waals surface area (Å²) in [6.45, 7) is -0.323. The first-order valence-corrected chi connectivity index (χ1v) is 13.4. The minimum Gasteiger partial charge on any atom is -0.324 e. The van der Waals surface area contributed by atoms with Gasteiger partial charge in [0.05, 0.1) is 17.1 Å². The van der Waals surface area contributed by atoms with E-state index in [2.05, 4.69) is 5.32 Å². The molecule has 1 amide bonds. The number of anilines is 1. The van der Waals surface area contributed by atoms with E-state index in [1.807, 2.05) is 30.3 Å². The van der Waals surface area contributed by atoms with Crippen LogP contribution in [0.4, 0.5) is 5.69 Å². The lowest BCUT2D eigenvalue weighted by Gasteiger charge is -2.22. The Kier molecular flexibility index (Phi) is 8.50. The predicted molar refractivity (Wildman–Crippen MR) is 145 cm³/mol. The number of nitrogens with zero attached hydrogens (tertiary/aromatic N) is 1. The molecule has 8 heteroatoms. The van der Waals surface area contributed by atoms with Crippen LogP contribution in [0.15, 0.2) is 114 Å². The van der Waals surface area contributed by atoms with Crippen LogP contribution in [0.25, 0.3) is 0 Å². The maximum atomic E-state index is 13.4. The molecule has 0 radical (unpaired) electrons. The van der Waals surface area contributed by atoms with Crippen LogP contribution in [-0.4, -0.2) is 37.5 Å². The summed E-state index contributed by atoms with van der Waals surface area (Å²) in [4.78, 5) is 26.4. The summed E-state index contributed by atoms with van der Waals surface area (Å²) in [5.41, 5.74) is 1.86. The number of hydrogen-bond donors (Lipinski definition) is 1. The Morgan fingerprint density at radius 2 is 1.38 bits per heavy atom. The number of rotatable bonds is 10. The van der Waals surface area contributed by atoms with Gasteiger partial charge in [-0.25, -0.2) is 8.42 Å². The van der Waals surface area contributed by atoms with E-state index in [4.69, 9.17) is 11.6 Å². The standard InChI is InChI=1S/C29H25ClN2O4S/c30-24-16-17-27(26(20-24)29(34)23-12-6-2-7-13-23)31-28(33)21-32(19-18-22-10-4-1-5-11-22)37(35,36)25-14-8-3-9-15-25/h1-17,20H,18-19,21H2,(H,31,33). The first kappa shape index (κ1) is 26.3. The number of carbonyl (C=O) groups is 2. The molecule has 0 aliphatic rings. The van der Waals surface area contributed by atoms with Gasteiger partial charge in [-0.2, -0.15) is 4.31 Å². The SMILES string of the molecule is O=C(CN(CCc1ccccc1)S(=O)(=O)c1ccccc1)Nc1ccc(Cl)cc1C(=O)c1ccccc1.